The molecule has 2 aromatic rings. The van der Waals surface area contributed by atoms with Crippen LogP contribution in [0.1, 0.15) is 5.69 Å². The van der Waals surface area contributed by atoms with E-state index in [0.29, 0.717) is 0 Å². The average molecular weight is 642 g/mol. The Bertz CT molecular complexity index is 1350. The van der Waals surface area contributed by atoms with Gasteiger partial charge in [0.25, 0.3) is 0 Å². The van der Waals surface area contributed by atoms with E-state index >= 15 is 0 Å². The molecule has 0 saturated heterocycles. The molecule has 0 unspecified atom stereocenters. The van der Waals surface area contributed by atoms with Crippen molar-refractivity contribution in [1.29, 1.82) is 0 Å². The van der Waals surface area contributed by atoms with Crippen molar-refractivity contribution in [2.24, 2.45) is 5.16 Å². The van der Waals surface area contributed by atoms with Crippen molar-refractivity contribution in [3.8, 4) is 0 Å². The summed E-state index contributed by atoms with van der Waals surface area (Å²) in [6.07, 6.45) is -13.2. The number of nitrogens with zero attached hydrogens (tertiary/aromatic N) is 1. The molecular formula is C17H7F17N2O3S. The predicted octanol–water partition coefficient (Wildman–Crippen LogP) is 6.82. The fourth-order valence-corrected chi connectivity index (χ4v) is 3.33. The van der Waals surface area contributed by atoms with Gasteiger partial charge in [0.1, 0.15) is 0 Å². The Morgan fingerprint density at radius 3 is 1.73 bits per heavy atom. The van der Waals surface area contributed by atoms with Crippen molar-refractivity contribution in [2.45, 2.75) is 47.5 Å². The van der Waals surface area contributed by atoms with E-state index in [1.165, 1.54) is 5.16 Å². The van der Waals surface area contributed by atoms with E-state index < -0.39 is 74.5 Å². The zero-order valence-corrected chi connectivity index (χ0v) is 18.8. The number of nitrogens with one attached hydrogen (secondary N) is 1. The zero-order valence-electron chi connectivity index (χ0n) is 18.0. The summed E-state index contributed by atoms with van der Waals surface area (Å²) in [4.78, 5) is 1.65. The summed E-state index contributed by atoms with van der Waals surface area (Å²) in [7, 11) is -8.13. The first-order valence-corrected chi connectivity index (χ1v) is 10.7. The van der Waals surface area contributed by atoms with Gasteiger partial charge in [-0.15, -0.1) is 0 Å². The molecule has 0 saturated carbocycles. The van der Waals surface area contributed by atoms with E-state index in [2.05, 4.69) is 4.28 Å². The number of para-hydroxylation sites is 1. The number of fused-ring (bicyclic) bond motifs is 1. The van der Waals surface area contributed by atoms with Crippen molar-refractivity contribution in [2.75, 3.05) is 0 Å². The molecule has 0 atom stereocenters. The van der Waals surface area contributed by atoms with Gasteiger partial charge in [-0.2, -0.15) is 74.3 Å². The van der Waals surface area contributed by atoms with Crippen LogP contribution >= 0.6 is 0 Å². The number of hydrogen-bond acceptors (Lipinski definition) is 4. The minimum absolute atomic E-state index is 0.194. The highest BCUT2D eigenvalue weighted by molar-refractivity contribution is 7.87. The second-order valence-corrected chi connectivity index (χ2v) is 9.04. The standard InChI is InChI=1S/C17H7F17N2O3S/c18-10(19)12(22,23)13(24,25)11(20,21)9(8-5-6-3-1-2-4-7(6)35-8)36-39-40(37,38)17(33,34)15(28,29)14(26,27)16(30,31)32/h1-5,10,35H. The third-order valence-corrected chi connectivity index (χ3v) is 5.98. The van der Waals surface area contributed by atoms with Crippen LogP contribution in [0.3, 0.4) is 0 Å². The summed E-state index contributed by atoms with van der Waals surface area (Å²) < 4.78 is 251. The number of H-pyrrole nitrogens is 1. The van der Waals surface area contributed by atoms with Gasteiger partial charge in [-0.25, -0.2) is 8.78 Å². The maximum Gasteiger partial charge on any atom is 0.460 e. The molecule has 5 nitrogen and oxygen atoms in total. The van der Waals surface area contributed by atoms with Gasteiger partial charge in [0.2, 0.25) is 0 Å². The van der Waals surface area contributed by atoms with E-state index in [-0.39, 0.29) is 11.5 Å². The quantitative estimate of drug-likeness (QED) is 0.176. The Balaban J connectivity index is 2.78. The average Bonchev–Trinajstić information content (AvgIpc) is 3.21. The largest absolute Gasteiger partial charge is 0.460 e. The summed E-state index contributed by atoms with van der Waals surface area (Å²) in [6, 6.07) is 4.22. The van der Waals surface area contributed by atoms with Crippen molar-refractivity contribution in [3.05, 3.63) is 36.0 Å². The minimum Gasteiger partial charge on any atom is -0.353 e. The molecule has 0 radical (unpaired) electrons. The lowest BCUT2D eigenvalue weighted by molar-refractivity contribution is -0.382. The second kappa shape index (κ2) is 9.53. The minimum atomic E-state index is -8.13. The number of aromatic amines is 1. The van der Waals surface area contributed by atoms with Gasteiger partial charge < -0.3 is 4.98 Å². The smallest absolute Gasteiger partial charge is 0.353 e. The number of oxime groups is 1. The molecule has 1 N–H and O–H groups in total. The first kappa shape index (κ1) is 33.2. The molecule has 40 heavy (non-hydrogen) atoms. The lowest BCUT2D eigenvalue weighted by Crippen LogP contribution is -2.63. The van der Waals surface area contributed by atoms with E-state index in [4.69, 9.17) is 0 Å². The number of hydrogen-bond donors (Lipinski definition) is 1. The van der Waals surface area contributed by atoms with Crippen LogP contribution in [0, 0.1) is 0 Å². The maximum absolute atomic E-state index is 14.6. The summed E-state index contributed by atoms with van der Waals surface area (Å²) in [5.41, 5.74) is -5.53. The van der Waals surface area contributed by atoms with E-state index in [0.717, 1.165) is 24.3 Å². The Labute approximate surface area is 208 Å². The van der Waals surface area contributed by atoms with Crippen LogP contribution in [0.4, 0.5) is 74.6 Å². The third kappa shape index (κ3) is 4.78. The maximum atomic E-state index is 14.6. The summed E-state index contributed by atoms with van der Waals surface area (Å²) in [5.74, 6) is -37.1. The SMILES string of the molecule is O=S(=O)(ON=C(c1cc2ccccc2[nH]1)C(F)(F)C(F)(F)C(F)(F)C(F)F)C(F)(F)C(F)(F)C(F)(F)C(F)(F)F. The first-order chi connectivity index (χ1) is 17.6. The lowest BCUT2D eigenvalue weighted by atomic mass is 9.98. The van der Waals surface area contributed by atoms with Crippen LogP contribution in [0.25, 0.3) is 10.9 Å². The molecule has 1 heterocycles. The highest BCUT2D eigenvalue weighted by atomic mass is 32.2. The van der Waals surface area contributed by atoms with E-state index in [1.54, 1.807) is 4.98 Å². The van der Waals surface area contributed by atoms with Gasteiger partial charge in [-0.3, -0.25) is 4.28 Å². The van der Waals surface area contributed by atoms with Gasteiger partial charge in [-0.1, -0.05) is 23.4 Å². The summed E-state index contributed by atoms with van der Waals surface area (Å²) in [6.45, 7) is 0. The molecule has 0 aliphatic heterocycles. The van der Waals surface area contributed by atoms with Gasteiger partial charge in [0.15, 0.2) is 5.71 Å². The molecule has 228 valence electrons. The third-order valence-electron chi connectivity index (χ3n) is 4.83. The molecule has 0 amide bonds. The van der Waals surface area contributed by atoms with Crippen LogP contribution in [0.5, 0.6) is 0 Å². The van der Waals surface area contributed by atoms with E-state index in [9.17, 15) is 83.1 Å². The Morgan fingerprint density at radius 2 is 1.27 bits per heavy atom. The molecule has 0 fully saturated rings. The zero-order chi connectivity index (χ0) is 31.5. The van der Waals surface area contributed by atoms with Gasteiger partial charge in [-0.05, 0) is 12.1 Å². The molecule has 0 spiro atoms. The molecule has 1 aromatic heterocycles. The van der Waals surface area contributed by atoms with Gasteiger partial charge in [0, 0.05) is 10.9 Å². The van der Waals surface area contributed by atoms with Crippen molar-refractivity contribution < 1.29 is 87.3 Å². The van der Waals surface area contributed by atoms with Crippen LogP contribution in [0.15, 0.2) is 35.5 Å². The Morgan fingerprint density at radius 1 is 0.775 bits per heavy atom. The number of alkyl halides is 17. The number of benzene rings is 1. The van der Waals surface area contributed by atoms with Gasteiger partial charge in [0.05, 0.1) is 5.69 Å². The Hall–Kier alpha value is -3.01. The fourth-order valence-electron chi connectivity index (χ4n) is 2.62. The molecule has 0 aliphatic carbocycles. The van der Waals surface area contributed by atoms with Gasteiger partial charge >= 0.3 is 57.6 Å². The summed E-state index contributed by atoms with van der Waals surface area (Å²) in [5, 5.41) is -6.66. The topological polar surface area (TPSA) is 71.5 Å². The van der Waals surface area contributed by atoms with Crippen molar-refractivity contribution in [3.63, 3.8) is 0 Å². The number of aromatic nitrogens is 1. The van der Waals surface area contributed by atoms with E-state index in [1.807, 2.05) is 0 Å². The van der Waals surface area contributed by atoms with Crippen molar-refractivity contribution >= 4 is 26.7 Å². The first-order valence-electron chi connectivity index (χ1n) is 9.32. The normalized spacial score (nSPS) is 15.7. The van der Waals surface area contributed by atoms with Crippen molar-refractivity contribution in [1.82, 2.24) is 4.98 Å². The molecule has 0 aliphatic rings. The van der Waals surface area contributed by atoms with Crippen LogP contribution in [-0.4, -0.2) is 66.6 Å². The number of halogens is 17. The highest BCUT2D eigenvalue weighted by Crippen LogP contribution is 2.55. The van der Waals surface area contributed by atoms with Crippen LogP contribution in [-0.2, 0) is 14.4 Å². The molecule has 2 rings (SSSR count). The predicted molar refractivity (Wildman–Crippen MR) is 96.6 cm³/mol. The molecular weight excluding hydrogens is 635 g/mol. The second-order valence-electron chi connectivity index (χ2n) is 7.47. The monoisotopic (exact) mass is 642 g/mol. The summed E-state index contributed by atoms with van der Waals surface area (Å²) >= 11 is 0. The van der Waals surface area contributed by atoms with Crippen LogP contribution in [0.2, 0.25) is 0 Å². The lowest BCUT2D eigenvalue weighted by Gasteiger charge is -2.33. The number of rotatable bonds is 10. The Kier molecular flexibility index (Phi) is 7.91. The highest BCUT2D eigenvalue weighted by Gasteiger charge is 2.86. The van der Waals surface area contributed by atoms with Crippen LogP contribution < -0.4 is 0 Å². The fraction of sp³-hybridized carbons (Fsp3) is 0.471. The molecule has 0 bridgehead atoms. The molecule has 1 aromatic carbocycles. The molecule has 23 heteroatoms.